The van der Waals surface area contributed by atoms with Gasteiger partial charge < -0.3 is 10.2 Å². The van der Waals surface area contributed by atoms with Crippen LogP contribution in [0.25, 0.3) is 18.2 Å². The van der Waals surface area contributed by atoms with E-state index in [-0.39, 0.29) is 17.4 Å². The number of phenolic OH excluding ortho intramolecular Hbond substituents is 2. The molecule has 1 aliphatic heterocycles. The molecule has 1 heterocycles. The van der Waals surface area contributed by atoms with Crippen LogP contribution in [0.15, 0.2) is 77.7 Å². The smallest absolute Gasteiger partial charge is 0.266 e. The zero-order valence-electron chi connectivity index (χ0n) is 16.4. The fourth-order valence-electron chi connectivity index (χ4n) is 3.09. The Morgan fingerprint density at radius 1 is 0.839 bits per heavy atom. The van der Waals surface area contributed by atoms with Gasteiger partial charge in [-0.1, -0.05) is 96.8 Å². The summed E-state index contributed by atoms with van der Waals surface area (Å²) in [6.07, 6.45) is 5.77. The molecule has 0 saturated carbocycles. The van der Waals surface area contributed by atoms with Gasteiger partial charge in [0, 0.05) is 0 Å². The lowest BCUT2D eigenvalue weighted by atomic mass is 10.1. The fourth-order valence-corrected chi connectivity index (χ4v) is 4.35. The number of phenols is 2. The van der Waals surface area contributed by atoms with Crippen LogP contribution < -0.4 is 0 Å². The Morgan fingerprint density at radius 2 is 1.48 bits per heavy atom. The Hall–Kier alpha value is -3.35. The molecule has 1 amide bonds. The second-order valence-corrected chi connectivity index (χ2v) is 8.68. The molecule has 3 aromatic rings. The molecule has 0 atom stereocenters. The van der Waals surface area contributed by atoms with E-state index in [1.807, 2.05) is 54.6 Å². The van der Waals surface area contributed by atoms with Crippen molar-refractivity contribution in [1.29, 1.82) is 0 Å². The Kier molecular flexibility index (Phi) is 6.21. The van der Waals surface area contributed by atoms with Gasteiger partial charge in [-0.2, -0.15) is 0 Å². The van der Waals surface area contributed by atoms with Gasteiger partial charge in [0.05, 0.1) is 11.4 Å². The number of amides is 1. The molecule has 0 bridgehead atoms. The second-order valence-electron chi connectivity index (χ2n) is 7.00. The van der Waals surface area contributed by atoms with Crippen molar-refractivity contribution in [3.05, 3.63) is 100.0 Å². The van der Waals surface area contributed by atoms with Crippen molar-refractivity contribution < 1.29 is 15.0 Å². The van der Waals surface area contributed by atoms with Gasteiger partial charge in [0.25, 0.3) is 5.91 Å². The van der Waals surface area contributed by atoms with Gasteiger partial charge in [-0.15, -0.1) is 0 Å². The number of carbonyl (C=O) groups is 1. The molecule has 4 nitrogen and oxygen atoms in total. The van der Waals surface area contributed by atoms with Crippen LogP contribution >= 0.6 is 24.0 Å². The van der Waals surface area contributed by atoms with Crippen LogP contribution in [0.5, 0.6) is 11.5 Å². The highest BCUT2D eigenvalue weighted by Crippen LogP contribution is 2.35. The maximum Gasteiger partial charge on any atom is 0.266 e. The molecular formula is C25H19NO3S2. The summed E-state index contributed by atoms with van der Waals surface area (Å²) in [6, 6.07) is 22.5. The molecule has 0 aromatic heterocycles. The molecule has 1 fully saturated rings. The minimum Gasteiger partial charge on any atom is -0.504 e. The number of benzene rings is 3. The zero-order chi connectivity index (χ0) is 21.8. The van der Waals surface area contributed by atoms with Crippen molar-refractivity contribution in [3.8, 4) is 11.5 Å². The maximum atomic E-state index is 12.8. The Morgan fingerprint density at radius 3 is 2.16 bits per heavy atom. The molecule has 2 N–H and O–H groups in total. The van der Waals surface area contributed by atoms with E-state index >= 15 is 0 Å². The van der Waals surface area contributed by atoms with E-state index in [2.05, 4.69) is 12.2 Å². The van der Waals surface area contributed by atoms with Gasteiger partial charge in [0.15, 0.2) is 11.5 Å². The van der Waals surface area contributed by atoms with Crippen molar-refractivity contribution in [2.75, 3.05) is 0 Å². The molecule has 4 rings (SSSR count). The van der Waals surface area contributed by atoms with Crippen LogP contribution in [0.1, 0.15) is 22.3 Å². The molecule has 0 aliphatic carbocycles. The third-order valence-corrected chi connectivity index (χ3v) is 6.14. The number of carbonyl (C=O) groups excluding carboxylic acids is 1. The lowest BCUT2D eigenvalue weighted by molar-refractivity contribution is -0.122. The predicted octanol–water partition coefficient (Wildman–Crippen LogP) is 5.67. The first-order valence-electron chi connectivity index (χ1n) is 9.59. The third kappa shape index (κ3) is 5.05. The number of hydrogen-bond donors (Lipinski definition) is 2. The Balaban J connectivity index is 1.44. The summed E-state index contributed by atoms with van der Waals surface area (Å²) in [4.78, 5) is 14.9. The summed E-state index contributed by atoms with van der Waals surface area (Å²) in [5.41, 5.74) is 3.81. The first kappa shape index (κ1) is 20.9. The third-order valence-electron chi connectivity index (χ3n) is 4.76. The van der Waals surface area contributed by atoms with Crippen LogP contribution in [0.4, 0.5) is 0 Å². The van der Waals surface area contributed by atoms with Gasteiger partial charge in [0.1, 0.15) is 4.32 Å². The SMILES string of the molecule is O=C1/C(=C\c2ccc(O)c(O)c2)SC(=S)N1Cc1ccc(/C=C/c2ccccc2)cc1. The van der Waals surface area contributed by atoms with Gasteiger partial charge >= 0.3 is 0 Å². The topological polar surface area (TPSA) is 60.8 Å². The fraction of sp³-hybridized carbons (Fsp3) is 0.0400. The monoisotopic (exact) mass is 445 g/mol. The van der Waals surface area contributed by atoms with E-state index in [1.54, 1.807) is 17.0 Å². The number of nitrogens with zero attached hydrogens (tertiary/aromatic N) is 1. The summed E-state index contributed by atoms with van der Waals surface area (Å²) in [5.74, 6) is -0.604. The molecular weight excluding hydrogens is 426 g/mol. The first-order valence-corrected chi connectivity index (χ1v) is 10.8. The highest BCUT2D eigenvalue weighted by molar-refractivity contribution is 8.26. The van der Waals surface area contributed by atoms with Crippen LogP contribution in [0.3, 0.4) is 0 Å². The Labute approximate surface area is 190 Å². The molecule has 31 heavy (non-hydrogen) atoms. The van der Waals surface area contributed by atoms with Crippen LogP contribution in [0, 0.1) is 0 Å². The van der Waals surface area contributed by atoms with Gasteiger partial charge in [-0.3, -0.25) is 9.69 Å². The van der Waals surface area contributed by atoms with E-state index in [9.17, 15) is 15.0 Å². The maximum absolute atomic E-state index is 12.8. The normalized spacial score (nSPS) is 15.4. The number of thioether (sulfide) groups is 1. The average Bonchev–Trinajstić information content (AvgIpc) is 3.04. The molecule has 0 radical (unpaired) electrons. The minimum atomic E-state index is -0.231. The van der Waals surface area contributed by atoms with E-state index in [0.29, 0.717) is 21.3 Å². The van der Waals surface area contributed by atoms with Crippen molar-refractivity contribution >= 4 is 52.4 Å². The molecule has 0 spiro atoms. The average molecular weight is 446 g/mol. The highest BCUT2D eigenvalue weighted by atomic mass is 32.2. The summed E-state index contributed by atoms with van der Waals surface area (Å²) < 4.78 is 0.493. The van der Waals surface area contributed by atoms with E-state index in [1.165, 1.54) is 23.9 Å². The van der Waals surface area contributed by atoms with E-state index < -0.39 is 0 Å². The zero-order valence-corrected chi connectivity index (χ0v) is 18.1. The lowest BCUT2D eigenvalue weighted by Gasteiger charge is -2.14. The summed E-state index contributed by atoms with van der Waals surface area (Å²) in [6.45, 7) is 0.394. The number of thiocarbonyl (C=S) groups is 1. The summed E-state index contributed by atoms with van der Waals surface area (Å²) in [5, 5.41) is 19.1. The van der Waals surface area contributed by atoms with Crippen LogP contribution in [-0.2, 0) is 11.3 Å². The van der Waals surface area contributed by atoms with E-state index in [0.717, 1.165) is 16.7 Å². The molecule has 3 aromatic carbocycles. The first-order chi connectivity index (χ1) is 15.0. The van der Waals surface area contributed by atoms with Crippen molar-refractivity contribution in [2.45, 2.75) is 6.54 Å². The van der Waals surface area contributed by atoms with Gasteiger partial charge in [-0.05, 0) is 40.5 Å². The number of hydrogen-bond acceptors (Lipinski definition) is 5. The second kappa shape index (κ2) is 9.20. The van der Waals surface area contributed by atoms with Gasteiger partial charge in [-0.25, -0.2) is 0 Å². The standard InChI is InChI=1S/C25H19NO3S2/c27-21-13-12-20(14-22(21)28)15-23-24(29)26(25(30)31-23)16-19-10-8-18(9-11-19)7-6-17-4-2-1-3-5-17/h1-15,27-28H,16H2/b7-6+,23-15+. The Bertz CT molecular complexity index is 1190. The van der Waals surface area contributed by atoms with Gasteiger partial charge in [0.2, 0.25) is 0 Å². The summed E-state index contributed by atoms with van der Waals surface area (Å²) in [7, 11) is 0. The molecule has 1 saturated heterocycles. The van der Waals surface area contributed by atoms with Crippen molar-refractivity contribution in [3.63, 3.8) is 0 Å². The molecule has 6 heteroatoms. The van der Waals surface area contributed by atoms with Crippen molar-refractivity contribution in [2.24, 2.45) is 0 Å². The van der Waals surface area contributed by atoms with Crippen LogP contribution in [0.2, 0.25) is 0 Å². The summed E-state index contributed by atoms with van der Waals surface area (Å²) >= 11 is 6.63. The molecule has 154 valence electrons. The van der Waals surface area contributed by atoms with E-state index in [4.69, 9.17) is 12.2 Å². The number of rotatable bonds is 5. The predicted molar refractivity (Wildman–Crippen MR) is 130 cm³/mol. The van der Waals surface area contributed by atoms with Crippen molar-refractivity contribution in [1.82, 2.24) is 4.90 Å². The lowest BCUT2D eigenvalue weighted by Crippen LogP contribution is -2.27. The largest absolute Gasteiger partial charge is 0.504 e. The van der Waals surface area contributed by atoms with Crippen LogP contribution in [-0.4, -0.2) is 25.3 Å². The minimum absolute atomic E-state index is 0.171. The quantitative estimate of drug-likeness (QED) is 0.229. The molecule has 0 unspecified atom stereocenters. The molecule has 1 aliphatic rings. The number of aromatic hydroxyl groups is 2. The highest BCUT2D eigenvalue weighted by Gasteiger charge is 2.32.